The van der Waals surface area contributed by atoms with E-state index in [9.17, 15) is 4.79 Å². The van der Waals surface area contributed by atoms with Gasteiger partial charge in [0.15, 0.2) is 6.10 Å². The fourth-order valence-corrected chi connectivity index (χ4v) is 1.71. The van der Waals surface area contributed by atoms with E-state index in [2.05, 4.69) is 5.32 Å². The molecule has 1 atom stereocenters. The number of thiocarbonyl (C=S) groups is 1. The minimum Gasteiger partial charge on any atom is -0.481 e. The summed E-state index contributed by atoms with van der Waals surface area (Å²) >= 11 is 4.85. The normalized spacial score (nSPS) is 12.0. The molecule has 0 fully saturated rings. The molecule has 0 aliphatic carbocycles. The molecule has 1 aromatic rings. The van der Waals surface area contributed by atoms with Crippen molar-refractivity contribution in [2.24, 2.45) is 5.73 Å². The molecule has 0 spiro atoms. The second kappa shape index (κ2) is 7.09. The average molecular weight is 280 g/mol. The predicted molar refractivity (Wildman–Crippen MR) is 80.3 cm³/mol. The van der Waals surface area contributed by atoms with E-state index in [4.69, 9.17) is 22.7 Å². The van der Waals surface area contributed by atoms with Crippen molar-refractivity contribution < 1.29 is 9.53 Å². The number of nitrogens with two attached hydrogens (primary N) is 1. The number of amides is 1. The molecule has 1 unspecified atom stereocenters. The third-order valence-corrected chi connectivity index (χ3v) is 2.56. The monoisotopic (exact) mass is 280 g/mol. The first-order chi connectivity index (χ1) is 8.88. The molecule has 0 aliphatic rings. The number of hydrogen-bond acceptors (Lipinski definition) is 3. The van der Waals surface area contributed by atoms with E-state index >= 15 is 0 Å². The molecular weight excluding hydrogens is 260 g/mol. The number of carbonyl (C=O) groups is 1. The predicted octanol–water partition coefficient (Wildman–Crippen LogP) is 1.81. The summed E-state index contributed by atoms with van der Waals surface area (Å²) < 4.78 is 5.56. The second-order valence-electron chi connectivity index (χ2n) is 4.71. The molecule has 19 heavy (non-hydrogen) atoms. The van der Waals surface area contributed by atoms with E-state index in [1.54, 1.807) is 6.92 Å². The zero-order chi connectivity index (χ0) is 14.4. The van der Waals surface area contributed by atoms with Gasteiger partial charge in [-0.05, 0) is 38.5 Å². The van der Waals surface area contributed by atoms with Gasteiger partial charge < -0.3 is 15.8 Å². The van der Waals surface area contributed by atoms with Crippen LogP contribution in [0.25, 0.3) is 0 Å². The highest BCUT2D eigenvalue weighted by molar-refractivity contribution is 7.80. The molecule has 4 nitrogen and oxygen atoms in total. The van der Waals surface area contributed by atoms with Crippen LogP contribution in [-0.2, 0) is 11.2 Å². The first-order valence-corrected chi connectivity index (χ1v) is 6.63. The van der Waals surface area contributed by atoms with Crippen molar-refractivity contribution >= 4 is 23.1 Å². The van der Waals surface area contributed by atoms with Crippen LogP contribution in [0.2, 0.25) is 0 Å². The SMILES string of the molecule is CC(C)NC(=O)C(C)Oc1ccc(CC(N)=S)cc1. The van der Waals surface area contributed by atoms with Gasteiger partial charge in [0.05, 0.1) is 4.99 Å². The van der Waals surface area contributed by atoms with Crippen LogP contribution >= 0.6 is 12.2 Å². The third-order valence-electron chi connectivity index (χ3n) is 2.41. The molecule has 1 amide bonds. The lowest BCUT2D eigenvalue weighted by Crippen LogP contribution is -2.40. The summed E-state index contributed by atoms with van der Waals surface area (Å²) in [5.74, 6) is 0.528. The zero-order valence-electron chi connectivity index (χ0n) is 11.5. The maximum absolute atomic E-state index is 11.7. The van der Waals surface area contributed by atoms with Crippen molar-refractivity contribution in [3.8, 4) is 5.75 Å². The lowest BCUT2D eigenvalue weighted by molar-refractivity contribution is -0.127. The van der Waals surface area contributed by atoms with Gasteiger partial charge in [0.1, 0.15) is 5.75 Å². The largest absolute Gasteiger partial charge is 0.481 e. The Bertz CT molecular complexity index is 443. The van der Waals surface area contributed by atoms with Crippen LogP contribution in [0.3, 0.4) is 0 Å². The molecule has 104 valence electrons. The quantitative estimate of drug-likeness (QED) is 0.780. The number of nitrogens with one attached hydrogen (secondary N) is 1. The summed E-state index contributed by atoms with van der Waals surface area (Å²) in [7, 11) is 0. The van der Waals surface area contributed by atoms with Gasteiger partial charge >= 0.3 is 0 Å². The smallest absolute Gasteiger partial charge is 0.260 e. The summed E-state index contributed by atoms with van der Waals surface area (Å²) in [6, 6.07) is 7.51. The Morgan fingerprint density at radius 1 is 1.32 bits per heavy atom. The Balaban J connectivity index is 2.57. The van der Waals surface area contributed by atoms with Gasteiger partial charge in [-0.2, -0.15) is 0 Å². The molecule has 0 aromatic heterocycles. The van der Waals surface area contributed by atoms with Crippen LogP contribution in [-0.4, -0.2) is 23.0 Å². The average Bonchev–Trinajstić information content (AvgIpc) is 2.30. The molecule has 1 rings (SSSR count). The van der Waals surface area contributed by atoms with E-state index < -0.39 is 6.10 Å². The molecule has 0 aliphatic heterocycles. The van der Waals surface area contributed by atoms with Crippen LogP contribution in [0.1, 0.15) is 26.3 Å². The highest BCUT2D eigenvalue weighted by Gasteiger charge is 2.15. The Morgan fingerprint density at radius 2 is 1.89 bits per heavy atom. The van der Waals surface area contributed by atoms with Crippen LogP contribution in [0, 0.1) is 0 Å². The van der Waals surface area contributed by atoms with Crippen molar-refractivity contribution in [2.45, 2.75) is 39.3 Å². The van der Waals surface area contributed by atoms with Gasteiger partial charge in [0.25, 0.3) is 5.91 Å². The van der Waals surface area contributed by atoms with Gasteiger partial charge in [0.2, 0.25) is 0 Å². The summed E-state index contributed by atoms with van der Waals surface area (Å²) in [6.45, 7) is 5.55. The molecule has 0 saturated heterocycles. The van der Waals surface area contributed by atoms with Crippen molar-refractivity contribution in [3.63, 3.8) is 0 Å². The van der Waals surface area contributed by atoms with E-state index in [1.165, 1.54) is 0 Å². The van der Waals surface area contributed by atoms with Gasteiger partial charge in [-0.3, -0.25) is 4.79 Å². The fraction of sp³-hybridized carbons (Fsp3) is 0.429. The van der Waals surface area contributed by atoms with Crippen molar-refractivity contribution in [3.05, 3.63) is 29.8 Å². The summed E-state index contributed by atoms with van der Waals surface area (Å²) in [4.78, 5) is 12.2. The lowest BCUT2D eigenvalue weighted by Gasteiger charge is -2.16. The van der Waals surface area contributed by atoms with E-state index in [0.29, 0.717) is 17.2 Å². The molecule has 0 radical (unpaired) electrons. The van der Waals surface area contributed by atoms with E-state index in [1.807, 2.05) is 38.1 Å². The van der Waals surface area contributed by atoms with Crippen LogP contribution in [0.5, 0.6) is 5.75 Å². The molecular formula is C14H20N2O2S. The number of hydrogen-bond donors (Lipinski definition) is 2. The van der Waals surface area contributed by atoms with Gasteiger partial charge in [-0.15, -0.1) is 0 Å². The molecule has 0 saturated carbocycles. The number of benzene rings is 1. The maximum atomic E-state index is 11.7. The van der Waals surface area contributed by atoms with E-state index in [0.717, 1.165) is 5.56 Å². The number of carbonyl (C=O) groups excluding carboxylic acids is 1. The molecule has 0 heterocycles. The molecule has 3 N–H and O–H groups in total. The van der Waals surface area contributed by atoms with Crippen molar-refractivity contribution in [1.29, 1.82) is 0 Å². The van der Waals surface area contributed by atoms with Crippen LogP contribution < -0.4 is 15.8 Å². The third kappa shape index (κ3) is 5.70. The molecule has 0 bridgehead atoms. The second-order valence-corrected chi connectivity index (χ2v) is 5.23. The van der Waals surface area contributed by atoms with Gasteiger partial charge in [-0.25, -0.2) is 0 Å². The van der Waals surface area contributed by atoms with Gasteiger partial charge in [-0.1, -0.05) is 24.4 Å². The Hall–Kier alpha value is -1.62. The first kappa shape index (κ1) is 15.4. The first-order valence-electron chi connectivity index (χ1n) is 6.22. The van der Waals surface area contributed by atoms with Gasteiger partial charge in [0, 0.05) is 12.5 Å². The summed E-state index contributed by atoms with van der Waals surface area (Å²) in [6.07, 6.45) is 0.0442. The van der Waals surface area contributed by atoms with Crippen molar-refractivity contribution in [1.82, 2.24) is 5.32 Å². The number of rotatable bonds is 6. The summed E-state index contributed by atoms with van der Waals surface area (Å²) in [5.41, 5.74) is 6.50. The number of ether oxygens (including phenoxy) is 1. The minimum atomic E-state index is -0.524. The Labute approximate surface area is 119 Å². The topological polar surface area (TPSA) is 64.3 Å². The Morgan fingerprint density at radius 3 is 2.37 bits per heavy atom. The highest BCUT2D eigenvalue weighted by Crippen LogP contribution is 2.14. The minimum absolute atomic E-state index is 0.103. The lowest BCUT2D eigenvalue weighted by atomic mass is 10.1. The zero-order valence-corrected chi connectivity index (χ0v) is 12.3. The fourth-order valence-electron chi connectivity index (χ4n) is 1.55. The summed E-state index contributed by atoms with van der Waals surface area (Å²) in [5, 5.41) is 2.80. The highest BCUT2D eigenvalue weighted by atomic mass is 32.1. The van der Waals surface area contributed by atoms with E-state index in [-0.39, 0.29) is 11.9 Å². The van der Waals surface area contributed by atoms with Crippen LogP contribution in [0.15, 0.2) is 24.3 Å². The molecule has 1 aromatic carbocycles. The molecule has 5 heteroatoms. The van der Waals surface area contributed by atoms with Crippen molar-refractivity contribution in [2.75, 3.05) is 0 Å². The Kier molecular flexibility index (Phi) is 5.76. The van der Waals surface area contributed by atoms with Crippen LogP contribution in [0.4, 0.5) is 0 Å². The standard InChI is InChI=1S/C14H20N2O2S/c1-9(2)16-14(17)10(3)18-12-6-4-11(5-7-12)8-13(15)19/h4-7,9-10H,8H2,1-3H3,(H2,15,19)(H,16,17). The maximum Gasteiger partial charge on any atom is 0.260 e.